The molecule has 0 radical (unpaired) electrons. The van der Waals surface area contributed by atoms with Crippen molar-refractivity contribution < 1.29 is 23.6 Å². The van der Waals surface area contributed by atoms with Gasteiger partial charge in [-0.25, -0.2) is 0 Å². The number of carbonyl (C=O) groups is 2. The molecule has 2 heterocycles. The summed E-state index contributed by atoms with van der Waals surface area (Å²) in [4.78, 5) is 33.0. The van der Waals surface area contributed by atoms with E-state index in [9.17, 15) is 9.59 Å². The van der Waals surface area contributed by atoms with E-state index in [-0.39, 0.29) is 23.8 Å². The molecule has 1 aliphatic heterocycles. The van der Waals surface area contributed by atoms with Crippen LogP contribution >= 0.6 is 0 Å². The van der Waals surface area contributed by atoms with E-state index in [2.05, 4.69) is 25.7 Å². The van der Waals surface area contributed by atoms with Crippen molar-refractivity contribution in [3.8, 4) is 22.9 Å². The molecule has 42 heavy (non-hydrogen) atoms. The first kappa shape index (κ1) is 28.8. The molecule has 1 saturated heterocycles. The monoisotopic (exact) mass is 569 g/mol. The van der Waals surface area contributed by atoms with E-state index >= 15 is 0 Å². The lowest BCUT2D eigenvalue weighted by molar-refractivity contribution is -0.121. The summed E-state index contributed by atoms with van der Waals surface area (Å²) in [7, 11) is 3.17. The summed E-state index contributed by atoms with van der Waals surface area (Å²) >= 11 is 0. The van der Waals surface area contributed by atoms with Crippen LogP contribution in [0.25, 0.3) is 11.4 Å². The second-order valence-electron chi connectivity index (χ2n) is 10.3. The molecule has 0 saturated carbocycles. The molecule has 2 N–H and O–H groups in total. The molecule has 10 heteroatoms. The van der Waals surface area contributed by atoms with Crippen LogP contribution in [0.3, 0.4) is 0 Å². The fraction of sp³-hybridized carbons (Fsp3) is 0.312. The maximum absolute atomic E-state index is 13.2. The smallest absolute Gasteiger partial charge is 0.253 e. The molecule has 1 aromatic heterocycles. The highest BCUT2D eigenvalue weighted by Gasteiger charge is 2.27. The van der Waals surface area contributed by atoms with E-state index in [0.29, 0.717) is 66.9 Å². The van der Waals surface area contributed by atoms with Crippen molar-refractivity contribution in [2.75, 3.05) is 32.6 Å². The molecule has 1 aliphatic rings. The Morgan fingerprint density at radius 2 is 1.69 bits per heavy atom. The summed E-state index contributed by atoms with van der Waals surface area (Å²) < 4.78 is 16.2. The molecule has 10 nitrogen and oxygen atoms in total. The Bertz CT molecular complexity index is 1510. The van der Waals surface area contributed by atoms with Crippen LogP contribution in [0, 0.1) is 5.92 Å². The fourth-order valence-corrected chi connectivity index (χ4v) is 5.08. The van der Waals surface area contributed by atoms with Crippen molar-refractivity contribution in [1.82, 2.24) is 20.4 Å². The van der Waals surface area contributed by atoms with Crippen LogP contribution in [-0.4, -0.2) is 54.2 Å². The third-order valence-corrected chi connectivity index (χ3v) is 7.50. The number of hydrogen-bond donors (Lipinski definition) is 2. The maximum atomic E-state index is 13.2. The number of aromatic nitrogens is 2. The summed E-state index contributed by atoms with van der Waals surface area (Å²) in [6, 6.07) is 22.2. The lowest BCUT2D eigenvalue weighted by atomic mass is 9.95. The molecule has 0 bridgehead atoms. The Balaban J connectivity index is 1.14. The minimum atomic E-state index is -0.232. The molecule has 0 aliphatic carbocycles. The minimum Gasteiger partial charge on any atom is -0.493 e. The molecule has 1 fully saturated rings. The zero-order valence-corrected chi connectivity index (χ0v) is 24.0. The summed E-state index contributed by atoms with van der Waals surface area (Å²) in [5, 5.41) is 10.2. The van der Waals surface area contributed by atoms with E-state index < -0.39 is 0 Å². The number of rotatable bonds is 10. The number of nitrogens with one attached hydrogen (secondary N) is 2. The van der Waals surface area contributed by atoms with Gasteiger partial charge in [-0.3, -0.25) is 14.5 Å². The predicted octanol–water partition coefficient (Wildman–Crippen LogP) is 5.10. The highest BCUT2D eigenvalue weighted by Crippen LogP contribution is 2.31. The van der Waals surface area contributed by atoms with Gasteiger partial charge in [0.05, 0.1) is 38.1 Å². The highest BCUT2D eigenvalue weighted by atomic mass is 16.5. The van der Waals surface area contributed by atoms with Gasteiger partial charge in [-0.05, 0) is 68.8 Å². The van der Waals surface area contributed by atoms with Crippen molar-refractivity contribution in [2.45, 2.75) is 32.4 Å². The van der Waals surface area contributed by atoms with E-state index in [1.807, 2.05) is 55.5 Å². The number of likely N-dealkylation sites (tertiary alicyclic amines) is 1. The molecule has 5 rings (SSSR count). The first-order chi connectivity index (χ1) is 20.4. The van der Waals surface area contributed by atoms with Crippen LogP contribution in [0.1, 0.15) is 47.6 Å². The van der Waals surface area contributed by atoms with Crippen molar-refractivity contribution in [3.63, 3.8) is 0 Å². The van der Waals surface area contributed by atoms with Crippen LogP contribution in [0.2, 0.25) is 0 Å². The van der Waals surface area contributed by atoms with Crippen LogP contribution in [-0.2, 0) is 11.3 Å². The molecule has 1 unspecified atom stereocenters. The van der Waals surface area contributed by atoms with Gasteiger partial charge in [0.1, 0.15) is 0 Å². The van der Waals surface area contributed by atoms with Gasteiger partial charge < -0.3 is 24.6 Å². The third kappa shape index (κ3) is 6.77. The van der Waals surface area contributed by atoms with Gasteiger partial charge in [0.2, 0.25) is 17.6 Å². The second-order valence-corrected chi connectivity index (χ2v) is 10.3. The maximum Gasteiger partial charge on any atom is 0.253 e. The van der Waals surface area contributed by atoms with E-state index in [1.54, 1.807) is 38.5 Å². The number of ether oxygens (including phenoxy) is 2. The molecule has 4 aromatic rings. The summed E-state index contributed by atoms with van der Waals surface area (Å²) in [5.74, 6) is 1.72. The highest BCUT2D eigenvalue weighted by molar-refractivity contribution is 6.04. The SMILES string of the molecule is COc1ccc(-c2noc(CN3CCC(C(=O)Nc4ccccc4C(=O)NC(C)c4ccccc4)CC3)n2)cc1OC. The average Bonchev–Trinajstić information content (AvgIpc) is 3.50. The van der Waals surface area contributed by atoms with Crippen LogP contribution in [0.15, 0.2) is 77.3 Å². The Hall–Kier alpha value is -4.70. The Morgan fingerprint density at radius 3 is 2.43 bits per heavy atom. The van der Waals surface area contributed by atoms with Gasteiger partial charge in [-0.15, -0.1) is 0 Å². The van der Waals surface area contributed by atoms with Gasteiger partial charge in [0.15, 0.2) is 11.5 Å². The summed E-state index contributed by atoms with van der Waals surface area (Å²) in [6.07, 6.45) is 1.36. The molecular formula is C32H35N5O5. The Kier molecular flexibility index (Phi) is 9.13. The molecule has 218 valence electrons. The number of hydrogen-bond acceptors (Lipinski definition) is 8. The molecule has 3 aromatic carbocycles. The molecule has 0 spiro atoms. The van der Waals surface area contributed by atoms with Crippen molar-refractivity contribution >= 4 is 17.5 Å². The average molecular weight is 570 g/mol. The quantitative estimate of drug-likeness (QED) is 0.271. The number of carbonyl (C=O) groups excluding carboxylic acids is 2. The number of anilines is 1. The largest absolute Gasteiger partial charge is 0.493 e. The van der Waals surface area contributed by atoms with Crippen molar-refractivity contribution in [1.29, 1.82) is 0 Å². The topological polar surface area (TPSA) is 119 Å². The van der Waals surface area contributed by atoms with Gasteiger partial charge in [0.25, 0.3) is 5.91 Å². The van der Waals surface area contributed by atoms with Crippen LogP contribution in [0.5, 0.6) is 11.5 Å². The normalized spacial score (nSPS) is 14.6. The number of benzene rings is 3. The Morgan fingerprint density at radius 1 is 0.976 bits per heavy atom. The zero-order chi connectivity index (χ0) is 29.5. The van der Waals surface area contributed by atoms with E-state index in [1.165, 1.54) is 0 Å². The number of methoxy groups -OCH3 is 2. The van der Waals surface area contributed by atoms with E-state index in [0.717, 1.165) is 11.1 Å². The number of para-hydroxylation sites is 1. The molecular weight excluding hydrogens is 534 g/mol. The molecule has 2 amide bonds. The lowest BCUT2D eigenvalue weighted by Crippen LogP contribution is -2.38. The van der Waals surface area contributed by atoms with Crippen molar-refractivity contribution in [2.24, 2.45) is 5.92 Å². The van der Waals surface area contributed by atoms with Gasteiger partial charge in [-0.1, -0.05) is 47.6 Å². The summed E-state index contributed by atoms with van der Waals surface area (Å²) in [5.41, 5.74) is 2.72. The van der Waals surface area contributed by atoms with Crippen LogP contribution < -0.4 is 20.1 Å². The number of nitrogens with zero attached hydrogens (tertiary/aromatic N) is 3. The minimum absolute atomic E-state index is 0.0838. The standard InChI is InChI=1S/C32H35N5O5/c1-21(22-9-5-4-6-10-22)33-32(39)25-11-7-8-12-26(25)34-31(38)23-15-17-37(18-16-23)20-29-35-30(36-42-29)24-13-14-27(40-2)28(19-24)41-3/h4-14,19,21,23H,15-18,20H2,1-3H3,(H,33,39)(H,34,38). The third-order valence-electron chi connectivity index (χ3n) is 7.50. The number of piperidine rings is 1. The van der Waals surface area contributed by atoms with E-state index in [4.69, 9.17) is 14.0 Å². The van der Waals surface area contributed by atoms with Crippen LogP contribution in [0.4, 0.5) is 5.69 Å². The lowest BCUT2D eigenvalue weighted by Gasteiger charge is -2.30. The second kappa shape index (κ2) is 13.3. The van der Waals surface area contributed by atoms with Crippen molar-refractivity contribution in [3.05, 3.63) is 89.8 Å². The zero-order valence-electron chi connectivity index (χ0n) is 24.0. The summed E-state index contributed by atoms with van der Waals surface area (Å²) in [6.45, 7) is 3.86. The number of amides is 2. The Labute approximate surface area is 245 Å². The first-order valence-corrected chi connectivity index (χ1v) is 14.0. The predicted molar refractivity (Wildman–Crippen MR) is 158 cm³/mol. The fourth-order valence-electron chi connectivity index (χ4n) is 5.08. The van der Waals surface area contributed by atoms with Gasteiger partial charge in [0, 0.05) is 11.5 Å². The van der Waals surface area contributed by atoms with Gasteiger partial charge >= 0.3 is 0 Å². The van der Waals surface area contributed by atoms with Gasteiger partial charge in [-0.2, -0.15) is 4.98 Å². The molecule has 1 atom stereocenters. The first-order valence-electron chi connectivity index (χ1n) is 14.0.